The second-order valence-electron chi connectivity index (χ2n) is 7.10. The fourth-order valence-corrected chi connectivity index (χ4v) is 5.01. The van der Waals surface area contributed by atoms with Crippen molar-refractivity contribution in [3.05, 3.63) is 59.7 Å². The van der Waals surface area contributed by atoms with Crippen LogP contribution in [0.2, 0.25) is 0 Å². The van der Waals surface area contributed by atoms with E-state index in [4.69, 9.17) is 14.2 Å². The second-order valence-corrected chi connectivity index (χ2v) is 7.10. The number of fused-ring (bicyclic) bond motifs is 3. The molecular weight excluding hydrogens is 336 g/mol. The van der Waals surface area contributed by atoms with Gasteiger partial charge in [-0.05, 0) is 18.1 Å². The largest absolute Gasteiger partial charge is 0.545 e. The molecule has 2 bridgehead atoms. The molecule has 2 fully saturated rings. The third kappa shape index (κ3) is 2.00. The molecular formula is C20H17O6-. The number of carbonyl (C=O) groups is 2. The van der Waals surface area contributed by atoms with Crippen molar-refractivity contribution in [2.75, 3.05) is 13.2 Å². The lowest BCUT2D eigenvalue weighted by Gasteiger charge is -2.30. The van der Waals surface area contributed by atoms with Crippen LogP contribution in [-0.4, -0.2) is 37.0 Å². The number of hydrogen-bond donors (Lipinski definition) is 0. The predicted molar refractivity (Wildman–Crippen MR) is 86.9 cm³/mol. The number of esters is 1. The number of carboxylic acids is 1. The van der Waals surface area contributed by atoms with Crippen LogP contribution in [0.1, 0.15) is 20.7 Å². The molecule has 6 nitrogen and oxygen atoms in total. The molecule has 1 aliphatic heterocycles. The van der Waals surface area contributed by atoms with Crippen LogP contribution in [0.15, 0.2) is 48.6 Å². The first kappa shape index (κ1) is 15.8. The molecule has 1 spiro atoms. The highest BCUT2D eigenvalue weighted by Crippen LogP contribution is 2.61. The van der Waals surface area contributed by atoms with E-state index >= 15 is 0 Å². The summed E-state index contributed by atoms with van der Waals surface area (Å²) < 4.78 is 17.6. The van der Waals surface area contributed by atoms with E-state index in [2.05, 4.69) is 18.2 Å². The molecule has 0 amide bonds. The predicted octanol–water partition coefficient (Wildman–Crippen LogP) is 0.937. The summed E-state index contributed by atoms with van der Waals surface area (Å²) in [6, 6.07) is 5.93. The van der Waals surface area contributed by atoms with Crippen LogP contribution in [0.5, 0.6) is 0 Å². The molecule has 5 atom stereocenters. The smallest absolute Gasteiger partial charge is 0.339 e. The molecule has 1 heterocycles. The van der Waals surface area contributed by atoms with E-state index < -0.39 is 23.8 Å². The van der Waals surface area contributed by atoms with Gasteiger partial charge >= 0.3 is 5.97 Å². The van der Waals surface area contributed by atoms with Gasteiger partial charge in [0.1, 0.15) is 6.10 Å². The summed E-state index contributed by atoms with van der Waals surface area (Å²) >= 11 is 0. The van der Waals surface area contributed by atoms with Crippen molar-refractivity contribution in [3.8, 4) is 0 Å². The summed E-state index contributed by atoms with van der Waals surface area (Å²) in [7, 11) is 0. The first-order chi connectivity index (χ1) is 12.6. The molecule has 6 heteroatoms. The normalized spacial score (nSPS) is 35.2. The first-order valence-corrected chi connectivity index (χ1v) is 8.78. The molecule has 0 N–H and O–H groups in total. The van der Waals surface area contributed by atoms with Gasteiger partial charge in [0.15, 0.2) is 5.79 Å². The number of allylic oxidation sites excluding steroid dienone is 1. The van der Waals surface area contributed by atoms with Crippen molar-refractivity contribution >= 4 is 11.9 Å². The Balaban J connectivity index is 1.40. The number of ether oxygens (including phenoxy) is 3. The molecule has 134 valence electrons. The minimum absolute atomic E-state index is 0.00567. The number of benzene rings is 1. The van der Waals surface area contributed by atoms with Crippen LogP contribution in [-0.2, 0) is 14.2 Å². The van der Waals surface area contributed by atoms with Gasteiger partial charge in [-0.1, -0.05) is 36.4 Å². The Labute approximate surface area is 150 Å². The third-order valence-corrected chi connectivity index (χ3v) is 5.98. The van der Waals surface area contributed by atoms with Gasteiger partial charge in [-0.15, -0.1) is 0 Å². The fraction of sp³-hybridized carbons (Fsp3) is 0.400. The zero-order valence-electron chi connectivity index (χ0n) is 13.9. The Hall–Kier alpha value is -2.44. The Kier molecular flexibility index (Phi) is 3.36. The summed E-state index contributed by atoms with van der Waals surface area (Å²) in [6.45, 7) is 1.14. The topological polar surface area (TPSA) is 84.9 Å². The number of aromatic carboxylic acids is 1. The zero-order valence-corrected chi connectivity index (χ0v) is 13.9. The van der Waals surface area contributed by atoms with Gasteiger partial charge in [-0.2, -0.15) is 0 Å². The molecule has 1 aromatic carbocycles. The average molecular weight is 353 g/mol. The van der Waals surface area contributed by atoms with Crippen LogP contribution in [0.4, 0.5) is 0 Å². The van der Waals surface area contributed by atoms with Crippen molar-refractivity contribution in [3.63, 3.8) is 0 Å². The lowest BCUT2D eigenvalue weighted by Crippen LogP contribution is -2.39. The summed E-state index contributed by atoms with van der Waals surface area (Å²) in [5, 5.41) is 11.2. The van der Waals surface area contributed by atoms with E-state index in [0.717, 1.165) is 0 Å². The highest BCUT2D eigenvalue weighted by atomic mass is 16.7. The second kappa shape index (κ2) is 5.53. The van der Waals surface area contributed by atoms with Gasteiger partial charge in [0, 0.05) is 23.3 Å². The van der Waals surface area contributed by atoms with Gasteiger partial charge in [0.2, 0.25) is 0 Å². The number of carboxylic acid groups (broad SMARTS) is 1. The summed E-state index contributed by atoms with van der Waals surface area (Å²) in [5.41, 5.74) is -0.158. The maximum absolute atomic E-state index is 12.6. The monoisotopic (exact) mass is 353 g/mol. The molecule has 1 saturated carbocycles. The van der Waals surface area contributed by atoms with Crippen LogP contribution >= 0.6 is 0 Å². The van der Waals surface area contributed by atoms with Crippen molar-refractivity contribution in [1.82, 2.24) is 0 Å². The quantitative estimate of drug-likeness (QED) is 0.594. The minimum atomic E-state index is -1.40. The average Bonchev–Trinajstić information content (AvgIpc) is 3.40. The summed E-state index contributed by atoms with van der Waals surface area (Å²) in [5.74, 6) is -2.31. The van der Waals surface area contributed by atoms with Crippen molar-refractivity contribution in [1.29, 1.82) is 0 Å². The minimum Gasteiger partial charge on any atom is -0.545 e. The van der Waals surface area contributed by atoms with Gasteiger partial charge in [0.25, 0.3) is 0 Å². The van der Waals surface area contributed by atoms with E-state index in [1.807, 2.05) is 6.08 Å². The van der Waals surface area contributed by atoms with Crippen molar-refractivity contribution < 1.29 is 28.9 Å². The van der Waals surface area contributed by atoms with Gasteiger partial charge in [0.05, 0.1) is 24.7 Å². The van der Waals surface area contributed by atoms with E-state index in [1.54, 1.807) is 12.1 Å². The fourth-order valence-electron chi connectivity index (χ4n) is 5.01. The Morgan fingerprint density at radius 1 is 1.00 bits per heavy atom. The Morgan fingerprint density at radius 3 is 2.42 bits per heavy atom. The molecule has 0 aromatic heterocycles. The number of carbonyl (C=O) groups excluding carboxylic acids is 2. The summed E-state index contributed by atoms with van der Waals surface area (Å²) in [4.78, 5) is 23.9. The van der Waals surface area contributed by atoms with Gasteiger partial charge in [-0.3, -0.25) is 0 Å². The lowest BCUT2D eigenvalue weighted by atomic mass is 9.84. The molecule has 26 heavy (non-hydrogen) atoms. The first-order valence-electron chi connectivity index (χ1n) is 8.78. The third-order valence-electron chi connectivity index (χ3n) is 5.98. The van der Waals surface area contributed by atoms with Gasteiger partial charge < -0.3 is 24.1 Å². The molecule has 0 radical (unpaired) electrons. The molecule has 1 saturated heterocycles. The Bertz CT molecular complexity index is 834. The van der Waals surface area contributed by atoms with E-state index in [0.29, 0.717) is 13.2 Å². The molecule has 3 aliphatic carbocycles. The number of hydrogen-bond acceptors (Lipinski definition) is 6. The number of rotatable bonds is 3. The highest BCUT2D eigenvalue weighted by molar-refractivity contribution is 6.01. The van der Waals surface area contributed by atoms with Crippen LogP contribution in [0.3, 0.4) is 0 Å². The van der Waals surface area contributed by atoms with Crippen LogP contribution in [0.25, 0.3) is 0 Å². The van der Waals surface area contributed by atoms with E-state index in [9.17, 15) is 14.7 Å². The van der Waals surface area contributed by atoms with E-state index in [-0.39, 0.29) is 34.8 Å². The molecule has 5 rings (SSSR count). The van der Waals surface area contributed by atoms with Gasteiger partial charge in [-0.25, -0.2) is 4.79 Å². The SMILES string of the molecule is O=C([O-])c1ccccc1C(=O)OC1C=CC2C1C1C=CC2C12OCCO2. The van der Waals surface area contributed by atoms with Crippen molar-refractivity contribution in [2.24, 2.45) is 23.7 Å². The van der Waals surface area contributed by atoms with Crippen LogP contribution < -0.4 is 5.11 Å². The van der Waals surface area contributed by atoms with Crippen molar-refractivity contribution in [2.45, 2.75) is 11.9 Å². The Morgan fingerprint density at radius 2 is 1.69 bits per heavy atom. The summed E-state index contributed by atoms with van der Waals surface area (Å²) in [6.07, 6.45) is 7.75. The molecule has 4 aliphatic rings. The standard InChI is InChI=1S/C20H18O6/c21-18(22)11-3-1-2-4-12(11)19(23)26-16-8-5-13-14-6-7-15(17(13)16)20(14)24-9-10-25-20/h1-8,13-17H,9-10H2,(H,21,22)/p-1. The maximum atomic E-state index is 12.6. The lowest BCUT2D eigenvalue weighted by molar-refractivity contribution is -0.255. The highest BCUT2D eigenvalue weighted by Gasteiger charge is 2.67. The van der Waals surface area contributed by atoms with Crippen LogP contribution in [0, 0.1) is 23.7 Å². The molecule has 1 aromatic rings. The molecule has 5 unspecified atom stereocenters. The maximum Gasteiger partial charge on any atom is 0.339 e. The zero-order chi connectivity index (χ0) is 17.9. The van der Waals surface area contributed by atoms with E-state index in [1.165, 1.54) is 12.1 Å².